The predicted octanol–water partition coefficient (Wildman–Crippen LogP) is 3.97. The summed E-state index contributed by atoms with van der Waals surface area (Å²) in [5.74, 6) is 0.496. The Morgan fingerprint density at radius 3 is 2.78 bits per heavy atom. The summed E-state index contributed by atoms with van der Waals surface area (Å²) in [5, 5.41) is 0. The zero-order chi connectivity index (χ0) is 13.2. The number of carbonyl (C=O) groups is 1. The van der Waals surface area contributed by atoms with Crippen LogP contribution in [0.5, 0.6) is 0 Å². The smallest absolute Gasteiger partial charge is 0.145 e. The minimum Gasteiger partial charge on any atom is -0.299 e. The maximum atomic E-state index is 12.7. The van der Waals surface area contributed by atoms with E-state index in [2.05, 4.69) is 18.8 Å². The van der Waals surface area contributed by atoms with Gasteiger partial charge in [0, 0.05) is 12.1 Å². The predicted molar refractivity (Wildman–Crippen MR) is 73.4 cm³/mol. The Hall–Kier alpha value is -1.18. The molecule has 1 saturated carbocycles. The lowest BCUT2D eigenvalue weighted by Gasteiger charge is -2.38. The summed E-state index contributed by atoms with van der Waals surface area (Å²) in [7, 11) is 0. The molecule has 1 aromatic rings. The van der Waals surface area contributed by atoms with Crippen molar-refractivity contribution in [2.45, 2.75) is 52.4 Å². The van der Waals surface area contributed by atoms with Gasteiger partial charge in [0.05, 0.1) is 11.6 Å². The molecule has 1 aliphatic carbocycles. The topological polar surface area (TPSA) is 30.0 Å². The standard InChI is InChI=1S/C16H23NO/c1-12(14-9-5-7-11-17-14)15(18)13-8-4-6-10-16(13,2)3/h5,7,9,11-13H,4,6,8,10H2,1-3H3. The molecule has 0 amide bonds. The number of aromatic nitrogens is 1. The second-order valence-electron chi connectivity index (χ2n) is 6.17. The Morgan fingerprint density at radius 2 is 2.17 bits per heavy atom. The molecule has 0 N–H and O–H groups in total. The van der Waals surface area contributed by atoms with Crippen molar-refractivity contribution in [3.05, 3.63) is 30.1 Å². The lowest BCUT2D eigenvalue weighted by molar-refractivity contribution is -0.129. The molecule has 0 aliphatic heterocycles. The number of hydrogen-bond acceptors (Lipinski definition) is 2. The summed E-state index contributed by atoms with van der Waals surface area (Å²) in [6, 6.07) is 5.81. The Morgan fingerprint density at radius 1 is 1.39 bits per heavy atom. The van der Waals surface area contributed by atoms with E-state index in [0.29, 0.717) is 5.78 Å². The molecule has 1 aliphatic rings. The van der Waals surface area contributed by atoms with Gasteiger partial charge in [-0.3, -0.25) is 9.78 Å². The van der Waals surface area contributed by atoms with Gasteiger partial charge in [-0.25, -0.2) is 0 Å². The van der Waals surface area contributed by atoms with E-state index < -0.39 is 0 Å². The van der Waals surface area contributed by atoms with Crippen molar-refractivity contribution < 1.29 is 4.79 Å². The molecular weight excluding hydrogens is 222 g/mol. The van der Waals surface area contributed by atoms with Crippen molar-refractivity contribution in [3.8, 4) is 0 Å². The minimum atomic E-state index is -0.0754. The van der Waals surface area contributed by atoms with Crippen LogP contribution in [0, 0.1) is 11.3 Å². The lowest BCUT2D eigenvalue weighted by atomic mass is 9.65. The summed E-state index contributed by atoms with van der Waals surface area (Å²) in [4.78, 5) is 17.0. The molecule has 2 unspecified atom stereocenters. The molecule has 18 heavy (non-hydrogen) atoms. The fourth-order valence-corrected chi connectivity index (χ4v) is 3.10. The largest absolute Gasteiger partial charge is 0.299 e. The highest BCUT2D eigenvalue weighted by Crippen LogP contribution is 2.43. The molecule has 2 atom stereocenters. The van der Waals surface area contributed by atoms with E-state index in [1.165, 1.54) is 19.3 Å². The maximum absolute atomic E-state index is 12.7. The van der Waals surface area contributed by atoms with Gasteiger partial charge >= 0.3 is 0 Å². The van der Waals surface area contributed by atoms with Crippen LogP contribution in [-0.4, -0.2) is 10.8 Å². The van der Waals surface area contributed by atoms with Crippen LogP contribution in [0.25, 0.3) is 0 Å². The third-order valence-corrected chi connectivity index (χ3v) is 4.41. The van der Waals surface area contributed by atoms with E-state index in [-0.39, 0.29) is 17.3 Å². The van der Waals surface area contributed by atoms with Gasteiger partial charge in [0.15, 0.2) is 0 Å². The van der Waals surface area contributed by atoms with Crippen LogP contribution in [-0.2, 0) is 4.79 Å². The molecule has 1 fully saturated rings. The number of nitrogens with zero attached hydrogens (tertiary/aromatic N) is 1. The Bertz CT molecular complexity index is 410. The van der Waals surface area contributed by atoms with E-state index in [1.54, 1.807) is 6.20 Å². The zero-order valence-electron chi connectivity index (χ0n) is 11.6. The van der Waals surface area contributed by atoms with Gasteiger partial charge in [-0.05, 0) is 37.3 Å². The molecule has 0 spiro atoms. The van der Waals surface area contributed by atoms with Crippen molar-refractivity contribution in [1.82, 2.24) is 4.98 Å². The summed E-state index contributed by atoms with van der Waals surface area (Å²) in [6.45, 7) is 6.47. The van der Waals surface area contributed by atoms with Crippen LogP contribution in [0.15, 0.2) is 24.4 Å². The van der Waals surface area contributed by atoms with Crippen LogP contribution in [0.1, 0.15) is 58.1 Å². The SMILES string of the molecule is CC(C(=O)C1CCCCC1(C)C)c1ccccn1. The molecule has 2 rings (SSSR count). The maximum Gasteiger partial charge on any atom is 0.145 e. The number of rotatable bonds is 3. The van der Waals surface area contributed by atoms with Crippen LogP contribution in [0.3, 0.4) is 0 Å². The quantitative estimate of drug-likeness (QED) is 0.806. The Balaban J connectivity index is 2.16. The van der Waals surface area contributed by atoms with E-state index in [1.807, 2.05) is 25.1 Å². The van der Waals surface area contributed by atoms with Crippen molar-refractivity contribution in [2.75, 3.05) is 0 Å². The van der Waals surface area contributed by atoms with Crippen LogP contribution in [0.4, 0.5) is 0 Å². The molecule has 1 aromatic heterocycles. The normalized spacial score (nSPS) is 24.5. The van der Waals surface area contributed by atoms with E-state index in [0.717, 1.165) is 12.1 Å². The van der Waals surface area contributed by atoms with Gasteiger partial charge in [0.1, 0.15) is 5.78 Å². The van der Waals surface area contributed by atoms with E-state index >= 15 is 0 Å². The molecular formula is C16H23NO. The van der Waals surface area contributed by atoms with Gasteiger partial charge in [-0.2, -0.15) is 0 Å². The first-order valence-electron chi connectivity index (χ1n) is 6.97. The van der Waals surface area contributed by atoms with Gasteiger partial charge in [-0.15, -0.1) is 0 Å². The summed E-state index contributed by atoms with van der Waals surface area (Å²) < 4.78 is 0. The zero-order valence-corrected chi connectivity index (χ0v) is 11.6. The van der Waals surface area contributed by atoms with Crippen LogP contribution >= 0.6 is 0 Å². The van der Waals surface area contributed by atoms with Crippen LogP contribution < -0.4 is 0 Å². The molecule has 2 nitrogen and oxygen atoms in total. The average molecular weight is 245 g/mol. The number of carbonyl (C=O) groups excluding carboxylic acids is 1. The first-order valence-corrected chi connectivity index (χ1v) is 6.97. The van der Waals surface area contributed by atoms with Crippen molar-refractivity contribution >= 4 is 5.78 Å². The second-order valence-corrected chi connectivity index (χ2v) is 6.17. The van der Waals surface area contributed by atoms with Gasteiger partial charge in [0.2, 0.25) is 0 Å². The highest BCUT2D eigenvalue weighted by atomic mass is 16.1. The molecule has 2 heteroatoms. The molecule has 0 saturated heterocycles. The lowest BCUT2D eigenvalue weighted by Crippen LogP contribution is -2.36. The fourth-order valence-electron chi connectivity index (χ4n) is 3.10. The Labute approximate surface area is 110 Å². The molecule has 0 bridgehead atoms. The molecule has 0 aromatic carbocycles. The van der Waals surface area contributed by atoms with E-state index in [9.17, 15) is 4.79 Å². The summed E-state index contributed by atoms with van der Waals surface area (Å²) in [5.41, 5.74) is 1.06. The van der Waals surface area contributed by atoms with Crippen molar-refractivity contribution in [3.63, 3.8) is 0 Å². The summed E-state index contributed by atoms with van der Waals surface area (Å²) >= 11 is 0. The number of hydrogen-bond donors (Lipinski definition) is 0. The first kappa shape index (κ1) is 13.3. The monoisotopic (exact) mass is 245 g/mol. The average Bonchev–Trinajstić information content (AvgIpc) is 2.37. The molecule has 0 radical (unpaired) electrons. The van der Waals surface area contributed by atoms with Gasteiger partial charge in [-0.1, -0.05) is 32.8 Å². The number of ketones is 1. The Kier molecular flexibility index (Phi) is 3.84. The van der Waals surface area contributed by atoms with Gasteiger partial charge < -0.3 is 0 Å². The third-order valence-electron chi connectivity index (χ3n) is 4.41. The second kappa shape index (κ2) is 5.21. The third kappa shape index (κ3) is 2.63. The van der Waals surface area contributed by atoms with Crippen molar-refractivity contribution in [2.24, 2.45) is 11.3 Å². The van der Waals surface area contributed by atoms with Crippen LogP contribution in [0.2, 0.25) is 0 Å². The molecule has 1 heterocycles. The highest BCUT2D eigenvalue weighted by molar-refractivity contribution is 5.87. The summed E-state index contributed by atoms with van der Waals surface area (Å²) in [6.07, 6.45) is 6.43. The van der Waals surface area contributed by atoms with E-state index in [4.69, 9.17) is 0 Å². The number of pyridine rings is 1. The fraction of sp³-hybridized carbons (Fsp3) is 0.625. The highest BCUT2D eigenvalue weighted by Gasteiger charge is 2.39. The first-order chi connectivity index (χ1) is 8.52. The number of Topliss-reactive ketones (excluding diaryl/α,β-unsaturated/α-hetero) is 1. The molecule has 98 valence electrons. The minimum absolute atomic E-state index is 0.0754. The van der Waals surface area contributed by atoms with Crippen molar-refractivity contribution in [1.29, 1.82) is 0 Å². The van der Waals surface area contributed by atoms with Gasteiger partial charge in [0.25, 0.3) is 0 Å².